The molecule has 0 bridgehead atoms. The first-order valence-electron chi connectivity index (χ1n) is 12.3. The molecular weight excluding hydrogens is 492 g/mol. The van der Waals surface area contributed by atoms with Crippen molar-refractivity contribution in [3.05, 3.63) is 97.0 Å². The van der Waals surface area contributed by atoms with Gasteiger partial charge in [0.05, 0.1) is 36.8 Å². The summed E-state index contributed by atoms with van der Waals surface area (Å²) in [5, 5.41) is 14.3. The van der Waals surface area contributed by atoms with E-state index in [0.717, 1.165) is 27.8 Å². The first kappa shape index (κ1) is 24.2. The molecule has 4 heterocycles. The number of nitrogens with zero attached hydrogens (tertiary/aromatic N) is 5. The van der Waals surface area contributed by atoms with E-state index in [1.165, 1.54) is 0 Å². The van der Waals surface area contributed by atoms with Crippen LogP contribution in [-0.4, -0.2) is 39.4 Å². The van der Waals surface area contributed by atoms with Crippen LogP contribution in [0.4, 0.5) is 11.5 Å². The predicted octanol–water partition coefficient (Wildman–Crippen LogP) is 6.33. The highest BCUT2D eigenvalue weighted by Crippen LogP contribution is 2.32. The van der Waals surface area contributed by atoms with Gasteiger partial charge in [0.15, 0.2) is 11.6 Å². The monoisotopic (exact) mass is 516 g/mol. The van der Waals surface area contributed by atoms with Crippen molar-refractivity contribution >= 4 is 33.3 Å². The summed E-state index contributed by atoms with van der Waals surface area (Å²) in [6.45, 7) is 0.432. The summed E-state index contributed by atoms with van der Waals surface area (Å²) in [5.74, 6) is 2.56. The third-order valence-electron chi connectivity index (χ3n) is 6.12. The molecule has 6 rings (SSSR count). The lowest BCUT2D eigenvalue weighted by atomic mass is 10.1. The van der Waals surface area contributed by atoms with Gasteiger partial charge in [0, 0.05) is 41.9 Å². The maximum absolute atomic E-state index is 6.12. The summed E-state index contributed by atoms with van der Waals surface area (Å²) < 4.78 is 16.6. The first-order chi connectivity index (χ1) is 19.2. The predicted molar refractivity (Wildman–Crippen MR) is 149 cm³/mol. The zero-order valence-electron chi connectivity index (χ0n) is 21.3. The molecule has 0 aliphatic carbocycles. The molecule has 1 N–H and O–H groups in total. The number of ether oxygens (including phenoxy) is 3. The number of anilines is 2. The van der Waals surface area contributed by atoms with Crippen LogP contribution < -0.4 is 14.8 Å². The maximum atomic E-state index is 6.12. The molecule has 0 aliphatic heterocycles. The van der Waals surface area contributed by atoms with Gasteiger partial charge in [-0.15, -0.1) is 10.2 Å². The van der Waals surface area contributed by atoms with Gasteiger partial charge in [0.25, 0.3) is 0 Å². The molecule has 192 valence electrons. The fraction of sp³-hybridized carbons (Fsp3) is 0.100. The molecule has 0 spiro atoms. The molecule has 0 radical (unpaired) electrons. The summed E-state index contributed by atoms with van der Waals surface area (Å²) in [7, 11) is 3.25. The topological polar surface area (TPSA) is 104 Å². The Balaban J connectivity index is 1.25. The van der Waals surface area contributed by atoms with E-state index < -0.39 is 0 Å². The average molecular weight is 517 g/mol. The SMILES string of the molecule is COCc1cccc(-c2nnc(Nc3ccc(Oc4ccnc5cc(OC)cnc45)cc3)c3ccccc23)n1. The maximum Gasteiger partial charge on any atom is 0.161 e. The van der Waals surface area contributed by atoms with Crippen molar-refractivity contribution < 1.29 is 14.2 Å². The summed E-state index contributed by atoms with van der Waals surface area (Å²) in [5.41, 5.74) is 4.49. The van der Waals surface area contributed by atoms with E-state index in [9.17, 15) is 0 Å². The highest BCUT2D eigenvalue weighted by molar-refractivity contribution is 6.00. The van der Waals surface area contributed by atoms with Crippen molar-refractivity contribution in [2.45, 2.75) is 6.61 Å². The smallest absolute Gasteiger partial charge is 0.161 e. The van der Waals surface area contributed by atoms with Crippen LogP contribution in [0.1, 0.15) is 5.69 Å². The van der Waals surface area contributed by atoms with E-state index >= 15 is 0 Å². The van der Waals surface area contributed by atoms with Crippen LogP contribution in [0.15, 0.2) is 91.3 Å². The third-order valence-corrected chi connectivity index (χ3v) is 6.12. The number of aromatic nitrogens is 5. The Labute approximate surface area is 224 Å². The summed E-state index contributed by atoms with van der Waals surface area (Å²) in [6.07, 6.45) is 3.33. The largest absolute Gasteiger partial charge is 0.495 e. The Morgan fingerprint density at radius 1 is 0.795 bits per heavy atom. The van der Waals surface area contributed by atoms with E-state index in [-0.39, 0.29) is 0 Å². The number of rotatable bonds is 8. The number of pyridine rings is 3. The minimum atomic E-state index is 0.432. The lowest BCUT2D eigenvalue weighted by Gasteiger charge is -2.12. The van der Waals surface area contributed by atoms with Gasteiger partial charge in [-0.3, -0.25) is 4.98 Å². The number of nitrogens with one attached hydrogen (secondary N) is 1. The Bertz CT molecular complexity index is 1780. The second kappa shape index (κ2) is 10.7. The lowest BCUT2D eigenvalue weighted by Crippen LogP contribution is -2.01. The van der Waals surface area contributed by atoms with Crippen molar-refractivity contribution in [1.82, 2.24) is 25.1 Å². The molecule has 39 heavy (non-hydrogen) atoms. The Morgan fingerprint density at radius 2 is 1.64 bits per heavy atom. The van der Waals surface area contributed by atoms with Gasteiger partial charge in [-0.05, 0) is 36.4 Å². The zero-order valence-corrected chi connectivity index (χ0v) is 21.3. The highest BCUT2D eigenvalue weighted by Gasteiger charge is 2.13. The van der Waals surface area contributed by atoms with E-state index in [1.54, 1.807) is 32.7 Å². The van der Waals surface area contributed by atoms with Crippen LogP contribution in [0.25, 0.3) is 33.2 Å². The molecule has 0 atom stereocenters. The number of hydrogen-bond donors (Lipinski definition) is 1. The van der Waals surface area contributed by atoms with Crippen LogP contribution >= 0.6 is 0 Å². The van der Waals surface area contributed by atoms with Gasteiger partial charge in [-0.1, -0.05) is 30.3 Å². The van der Waals surface area contributed by atoms with Crippen molar-refractivity contribution in [2.24, 2.45) is 0 Å². The first-order valence-corrected chi connectivity index (χ1v) is 12.3. The molecular formula is C30H24N6O3. The molecule has 0 amide bonds. The molecule has 2 aromatic carbocycles. The van der Waals surface area contributed by atoms with Crippen LogP contribution in [0, 0.1) is 0 Å². The fourth-order valence-corrected chi connectivity index (χ4v) is 4.28. The van der Waals surface area contributed by atoms with E-state index in [0.29, 0.717) is 46.4 Å². The number of hydrogen-bond acceptors (Lipinski definition) is 9. The Morgan fingerprint density at radius 3 is 2.46 bits per heavy atom. The van der Waals surface area contributed by atoms with Crippen molar-refractivity contribution in [3.8, 4) is 28.6 Å². The van der Waals surface area contributed by atoms with Crippen LogP contribution in [-0.2, 0) is 11.3 Å². The zero-order chi connectivity index (χ0) is 26.6. The van der Waals surface area contributed by atoms with Crippen molar-refractivity contribution in [1.29, 1.82) is 0 Å². The molecule has 0 unspecified atom stereocenters. The standard InChI is InChI=1S/C30H24N6O3/c1-37-18-20-6-5-9-25(33-20)28-23-7-3-4-8-24(23)30(36-35-28)34-19-10-12-21(13-11-19)39-27-14-15-31-26-16-22(38-2)17-32-29(26)27/h3-17H,18H2,1-2H3,(H,34,36). The van der Waals surface area contributed by atoms with Gasteiger partial charge < -0.3 is 19.5 Å². The van der Waals surface area contributed by atoms with Gasteiger partial charge in [0.2, 0.25) is 0 Å². The van der Waals surface area contributed by atoms with Gasteiger partial charge in [-0.25, -0.2) is 9.97 Å². The van der Waals surface area contributed by atoms with E-state index in [2.05, 4.69) is 25.5 Å². The summed E-state index contributed by atoms with van der Waals surface area (Å²) in [6, 6.07) is 25.0. The molecule has 0 saturated heterocycles. The quantitative estimate of drug-likeness (QED) is 0.249. The molecule has 9 nitrogen and oxygen atoms in total. The molecule has 4 aromatic heterocycles. The Kier molecular flexibility index (Phi) is 6.63. The second-order valence-electron chi connectivity index (χ2n) is 8.69. The third kappa shape index (κ3) is 5.03. The lowest BCUT2D eigenvalue weighted by molar-refractivity contribution is 0.181. The van der Waals surface area contributed by atoms with Crippen LogP contribution in [0.3, 0.4) is 0 Å². The normalized spacial score (nSPS) is 11.0. The number of benzene rings is 2. The van der Waals surface area contributed by atoms with Gasteiger partial charge in [0.1, 0.15) is 22.7 Å². The van der Waals surface area contributed by atoms with Crippen molar-refractivity contribution in [2.75, 3.05) is 19.5 Å². The molecule has 0 aliphatic rings. The summed E-state index contributed by atoms with van der Waals surface area (Å²) in [4.78, 5) is 13.5. The average Bonchev–Trinajstić information content (AvgIpc) is 2.98. The fourth-order valence-electron chi connectivity index (χ4n) is 4.28. The van der Waals surface area contributed by atoms with Crippen LogP contribution in [0.2, 0.25) is 0 Å². The Hall–Kier alpha value is -5.15. The molecule has 9 heteroatoms. The highest BCUT2D eigenvalue weighted by atomic mass is 16.5. The molecule has 0 fully saturated rings. The van der Waals surface area contributed by atoms with E-state index in [1.807, 2.05) is 72.8 Å². The van der Waals surface area contributed by atoms with Gasteiger partial charge >= 0.3 is 0 Å². The van der Waals surface area contributed by atoms with E-state index in [4.69, 9.17) is 19.2 Å². The molecule has 6 aromatic rings. The minimum Gasteiger partial charge on any atom is -0.495 e. The number of methoxy groups -OCH3 is 2. The second-order valence-corrected chi connectivity index (χ2v) is 8.69. The van der Waals surface area contributed by atoms with Crippen molar-refractivity contribution in [3.63, 3.8) is 0 Å². The van der Waals surface area contributed by atoms with Gasteiger partial charge in [-0.2, -0.15) is 0 Å². The van der Waals surface area contributed by atoms with Crippen LogP contribution in [0.5, 0.6) is 17.2 Å². The molecule has 0 saturated carbocycles. The summed E-state index contributed by atoms with van der Waals surface area (Å²) >= 11 is 0. The minimum absolute atomic E-state index is 0.432. The number of fused-ring (bicyclic) bond motifs is 2.